The number of hydrogen-bond donors (Lipinski definition) is 2. The highest BCUT2D eigenvalue weighted by Gasteiger charge is 2.21. The Morgan fingerprint density at radius 2 is 1.70 bits per heavy atom. The molecule has 1 amide bonds. The maximum atomic E-state index is 12.1. The second kappa shape index (κ2) is 14.4. The molecule has 2 heterocycles. The van der Waals surface area contributed by atoms with Gasteiger partial charge in [0.05, 0.1) is 5.92 Å². The number of carbonyl (C=O) groups is 1. The van der Waals surface area contributed by atoms with E-state index in [1.165, 1.54) is 5.56 Å². The predicted octanol–water partition coefficient (Wildman–Crippen LogP) is 2.19. The average Bonchev–Trinajstić information content (AvgIpc) is 2.65. The Bertz CT molecular complexity index is 507. The van der Waals surface area contributed by atoms with E-state index in [4.69, 9.17) is 0 Å². The lowest BCUT2D eigenvalue weighted by Crippen LogP contribution is -2.48. The van der Waals surface area contributed by atoms with Crippen molar-refractivity contribution in [2.45, 2.75) is 19.4 Å². The highest BCUT2D eigenvalue weighted by Crippen LogP contribution is 2.10. The van der Waals surface area contributed by atoms with Crippen molar-refractivity contribution in [2.75, 3.05) is 52.4 Å². The molecule has 2 saturated heterocycles. The van der Waals surface area contributed by atoms with Crippen molar-refractivity contribution in [2.24, 2.45) is 5.92 Å². The summed E-state index contributed by atoms with van der Waals surface area (Å²) >= 11 is 0. The normalized spacial score (nSPS) is 20.5. The van der Waals surface area contributed by atoms with Crippen LogP contribution in [0.1, 0.15) is 18.4 Å². The molecule has 1 atom stereocenters. The second-order valence-corrected chi connectivity index (χ2v) is 6.94. The molecule has 0 bridgehead atoms. The van der Waals surface area contributed by atoms with E-state index in [1.807, 2.05) is 0 Å². The van der Waals surface area contributed by atoms with Crippen molar-refractivity contribution in [3.05, 3.63) is 35.9 Å². The summed E-state index contributed by atoms with van der Waals surface area (Å²) < 4.78 is 0. The molecule has 2 fully saturated rings. The number of rotatable bonds is 6. The molecule has 0 aromatic heterocycles. The number of hydrogen-bond acceptors (Lipinski definition) is 4. The Balaban J connectivity index is 0.00000225. The Morgan fingerprint density at radius 3 is 2.33 bits per heavy atom. The fraction of sp³-hybridized carbons (Fsp3) is 0.632. The molecule has 5 nitrogen and oxygen atoms in total. The number of benzene rings is 1. The number of piperidine rings is 1. The number of piperazine rings is 1. The van der Waals surface area contributed by atoms with Gasteiger partial charge >= 0.3 is 0 Å². The third-order valence-corrected chi connectivity index (χ3v) is 5.11. The molecule has 27 heavy (non-hydrogen) atoms. The highest BCUT2D eigenvalue weighted by atomic mass is 35.5. The molecule has 1 aromatic rings. The minimum Gasteiger partial charge on any atom is -0.355 e. The number of carbonyl (C=O) groups excluding carboxylic acids is 1. The maximum Gasteiger partial charge on any atom is 0.224 e. The van der Waals surface area contributed by atoms with Crippen LogP contribution in [-0.2, 0) is 11.3 Å². The fourth-order valence-electron chi connectivity index (χ4n) is 3.57. The maximum absolute atomic E-state index is 12.1. The van der Waals surface area contributed by atoms with Crippen molar-refractivity contribution >= 4 is 43.1 Å². The quantitative estimate of drug-likeness (QED) is 0.713. The molecule has 1 aromatic carbocycles. The molecule has 3 rings (SSSR count). The smallest absolute Gasteiger partial charge is 0.224 e. The van der Waals surface area contributed by atoms with Crippen LogP contribution in [0.5, 0.6) is 0 Å². The van der Waals surface area contributed by atoms with Crippen molar-refractivity contribution in [3.63, 3.8) is 0 Å². The first kappa shape index (κ1) is 26.4. The van der Waals surface area contributed by atoms with E-state index >= 15 is 0 Å². The molecule has 0 saturated carbocycles. The summed E-state index contributed by atoms with van der Waals surface area (Å²) in [7, 11) is 0. The van der Waals surface area contributed by atoms with Gasteiger partial charge in [-0.05, 0) is 24.9 Å². The van der Waals surface area contributed by atoms with Gasteiger partial charge in [0, 0.05) is 52.4 Å². The molecule has 8 heteroatoms. The van der Waals surface area contributed by atoms with Crippen LogP contribution in [-0.4, -0.2) is 68.1 Å². The van der Waals surface area contributed by atoms with Crippen molar-refractivity contribution in [1.29, 1.82) is 0 Å². The third kappa shape index (κ3) is 8.99. The van der Waals surface area contributed by atoms with Crippen molar-refractivity contribution in [3.8, 4) is 0 Å². The van der Waals surface area contributed by atoms with Crippen molar-refractivity contribution < 1.29 is 4.79 Å². The monoisotopic (exact) mass is 438 g/mol. The predicted molar refractivity (Wildman–Crippen MR) is 119 cm³/mol. The van der Waals surface area contributed by atoms with Crippen LogP contribution in [0.15, 0.2) is 30.3 Å². The number of nitrogens with zero attached hydrogens (tertiary/aromatic N) is 2. The van der Waals surface area contributed by atoms with E-state index in [0.717, 1.165) is 71.7 Å². The van der Waals surface area contributed by atoms with E-state index in [-0.39, 0.29) is 49.0 Å². The van der Waals surface area contributed by atoms with E-state index < -0.39 is 0 Å². The largest absolute Gasteiger partial charge is 0.355 e. The van der Waals surface area contributed by atoms with E-state index in [2.05, 4.69) is 50.8 Å². The van der Waals surface area contributed by atoms with Crippen LogP contribution in [0.25, 0.3) is 0 Å². The van der Waals surface area contributed by atoms with Gasteiger partial charge in [0.2, 0.25) is 5.91 Å². The zero-order valence-corrected chi connectivity index (χ0v) is 18.2. The lowest BCUT2D eigenvalue weighted by Gasteiger charge is -2.34. The Hall–Kier alpha value is -0.560. The summed E-state index contributed by atoms with van der Waals surface area (Å²) in [5.41, 5.74) is 1.39. The molecule has 0 aliphatic carbocycles. The van der Waals surface area contributed by atoms with Crippen LogP contribution in [0, 0.1) is 5.92 Å². The van der Waals surface area contributed by atoms with Gasteiger partial charge in [0.1, 0.15) is 0 Å². The summed E-state index contributed by atoms with van der Waals surface area (Å²) in [5.74, 6) is 0.395. The zero-order chi connectivity index (χ0) is 16.6. The van der Waals surface area contributed by atoms with Gasteiger partial charge in [-0.15, -0.1) is 37.2 Å². The van der Waals surface area contributed by atoms with Gasteiger partial charge in [0.15, 0.2) is 0 Å². The summed E-state index contributed by atoms with van der Waals surface area (Å²) in [6.07, 6.45) is 2.14. The first-order chi connectivity index (χ1) is 11.8. The summed E-state index contributed by atoms with van der Waals surface area (Å²) in [6, 6.07) is 10.7. The molecule has 156 valence electrons. The fourth-order valence-corrected chi connectivity index (χ4v) is 3.57. The lowest BCUT2D eigenvalue weighted by molar-refractivity contribution is -0.125. The summed E-state index contributed by atoms with van der Waals surface area (Å²) in [5, 5.41) is 6.42. The Kier molecular flexibility index (Phi) is 14.1. The van der Waals surface area contributed by atoms with E-state index in [1.54, 1.807) is 0 Å². The van der Waals surface area contributed by atoms with Crippen molar-refractivity contribution in [1.82, 2.24) is 20.4 Å². The third-order valence-electron chi connectivity index (χ3n) is 5.11. The zero-order valence-electron chi connectivity index (χ0n) is 15.8. The summed E-state index contributed by atoms with van der Waals surface area (Å²) in [4.78, 5) is 17.1. The van der Waals surface area contributed by atoms with Gasteiger partial charge in [-0.25, -0.2) is 0 Å². The topological polar surface area (TPSA) is 47.6 Å². The van der Waals surface area contributed by atoms with E-state index in [0.29, 0.717) is 0 Å². The summed E-state index contributed by atoms with van der Waals surface area (Å²) in [6.45, 7) is 9.06. The van der Waals surface area contributed by atoms with E-state index in [9.17, 15) is 4.79 Å². The average molecular weight is 440 g/mol. The van der Waals surface area contributed by atoms with Gasteiger partial charge in [-0.3, -0.25) is 14.6 Å². The SMILES string of the molecule is Cl.Cl.Cl.O=C(NCCN1CCN(Cc2ccccc2)CC1)C1CCCNC1. The first-order valence-electron chi connectivity index (χ1n) is 9.28. The minimum absolute atomic E-state index is 0. The van der Waals surface area contributed by atoms with Crippen LogP contribution in [0.4, 0.5) is 0 Å². The van der Waals surface area contributed by atoms with Gasteiger partial charge in [0.25, 0.3) is 0 Å². The molecule has 0 radical (unpaired) electrons. The van der Waals surface area contributed by atoms with Crippen LogP contribution >= 0.6 is 37.2 Å². The highest BCUT2D eigenvalue weighted by molar-refractivity contribution is 5.86. The molecular weight excluding hydrogens is 407 g/mol. The van der Waals surface area contributed by atoms with Gasteiger partial charge in [-0.1, -0.05) is 30.3 Å². The number of nitrogens with one attached hydrogen (secondary N) is 2. The number of amides is 1. The second-order valence-electron chi connectivity index (χ2n) is 6.94. The lowest BCUT2D eigenvalue weighted by atomic mass is 9.99. The molecule has 1 unspecified atom stereocenters. The number of halogens is 3. The van der Waals surface area contributed by atoms with Gasteiger partial charge in [-0.2, -0.15) is 0 Å². The molecular formula is C19H33Cl3N4O. The molecule has 2 aliphatic rings. The Morgan fingerprint density at radius 1 is 1.04 bits per heavy atom. The first-order valence-corrected chi connectivity index (χ1v) is 9.28. The molecule has 2 N–H and O–H groups in total. The van der Waals surface area contributed by atoms with Gasteiger partial charge < -0.3 is 10.6 Å². The standard InChI is InChI=1S/C19H30N4O.3ClH/c24-19(18-7-4-8-20-15-18)21-9-10-22-11-13-23(14-12-22)16-17-5-2-1-3-6-17;;;/h1-3,5-6,18,20H,4,7-16H2,(H,21,24);3*1H. The molecule has 2 aliphatic heterocycles. The van der Waals surface area contributed by atoms with Crippen LogP contribution < -0.4 is 10.6 Å². The minimum atomic E-state index is 0. The molecule has 0 spiro atoms. The Labute approximate surface area is 181 Å². The van der Waals surface area contributed by atoms with Crippen LogP contribution in [0.2, 0.25) is 0 Å². The van der Waals surface area contributed by atoms with Crippen LogP contribution in [0.3, 0.4) is 0 Å².